The third-order valence-electron chi connectivity index (χ3n) is 0. The molecule has 0 saturated heterocycles. The van der Waals surface area contributed by atoms with Crippen LogP contribution in [0, 0.1) is 10.8 Å². The van der Waals surface area contributed by atoms with Crippen molar-refractivity contribution in [2.75, 3.05) is 0 Å². The maximum atomic E-state index is 6.06. The summed E-state index contributed by atoms with van der Waals surface area (Å²) in [5, 5.41) is 13.4. The average molecular weight is 251 g/mol. The summed E-state index contributed by atoms with van der Waals surface area (Å²) in [6.45, 7) is 0. The van der Waals surface area contributed by atoms with Crippen LogP contribution < -0.4 is 11.5 Å². The van der Waals surface area contributed by atoms with E-state index in [2.05, 4.69) is 23.7 Å². The summed E-state index contributed by atoms with van der Waals surface area (Å²) in [5.74, 6) is -0.333. The van der Waals surface area contributed by atoms with Gasteiger partial charge in [0.05, 0.1) is 5.16 Å². The van der Waals surface area contributed by atoms with Crippen molar-refractivity contribution in [3.8, 4) is 0 Å². The Bertz CT molecular complexity index is 82.0. The molecule has 4 nitrogen and oxygen atoms in total. The number of thiocarbonyl (C=S) groups is 1. The Balaban J connectivity index is -0.0000000575. The SMILES string of the molecule is N=C(N)N.N=C=S.[Cs]. The molecule has 41 valence electrons. The first-order chi connectivity index (χ1) is 3.15. The van der Waals surface area contributed by atoms with Crippen molar-refractivity contribution in [2.24, 2.45) is 11.5 Å². The zero-order chi connectivity index (χ0) is 6.28. The normalized spacial score (nSPS) is 4.00. The van der Waals surface area contributed by atoms with Crippen LogP contribution in [0.3, 0.4) is 0 Å². The van der Waals surface area contributed by atoms with E-state index in [9.17, 15) is 0 Å². The minimum Gasteiger partial charge on any atom is -0.370 e. The van der Waals surface area contributed by atoms with Crippen LogP contribution in [0.1, 0.15) is 0 Å². The van der Waals surface area contributed by atoms with Gasteiger partial charge in [-0.05, 0) is 12.2 Å². The van der Waals surface area contributed by atoms with Crippen molar-refractivity contribution < 1.29 is 0 Å². The first-order valence-corrected chi connectivity index (χ1v) is 1.69. The molecule has 0 aliphatic rings. The summed E-state index contributed by atoms with van der Waals surface area (Å²) in [6, 6.07) is 0. The number of nitrogens with one attached hydrogen (secondary N) is 2. The van der Waals surface area contributed by atoms with Gasteiger partial charge in [-0.15, -0.1) is 0 Å². The Kier molecular flexibility index (Phi) is 31.5. The Hall–Kier alpha value is 1.12. The van der Waals surface area contributed by atoms with Crippen molar-refractivity contribution in [1.82, 2.24) is 0 Å². The summed E-state index contributed by atoms with van der Waals surface area (Å²) in [7, 11) is 0. The van der Waals surface area contributed by atoms with Gasteiger partial charge in [-0.2, -0.15) is 0 Å². The van der Waals surface area contributed by atoms with Gasteiger partial charge in [0.1, 0.15) is 0 Å². The van der Waals surface area contributed by atoms with Crippen LogP contribution in [0.2, 0.25) is 0 Å². The van der Waals surface area contributed by atoms with Crippen LogP contribution in [0.15, 0.2) is 0 Å². The molecule has 0 unspecified atom stereocenters. The largest absolute Gasteiger partial charge is 0.370 e. The summed E-state index contributed by atoms with van der Waals surface area (Å²) >= 11 is 3.81. The van der Waals surface area contributed by atoms with Gasteiger partial charge in [-0.1, -0.05) is 0 Å². The molecule has 0 amide bonds. The Morgan fingerprint density at radius 3 is 1.50 bits per heavy atom. The second-order valence-corrected chi connectivity index (χ2v) is 0.762. The minimum atomic E-state index is -0.333. The molecule has 0 saturated carbocycles. The number of nitrogens with two attached hydrogens (primary N) is 2. The van der Waals surface area contributed by atoms with Gasteiger partial charge in [-0.25, -0.2) is 5.41 Å². The molecule has 0 bridgehead atoms. The third kappa shape index (κ3) is 212. The zero-order valence-electron chi connectivity index (χ0n) is 4.56. The van der Waals surface area contributed by atoms with E-state index in [4.69, 9.17) is 10.8 Å². The topological polar surface area (TPSA) is 99.7 Å². The third-order valence-corrected chi connectivity index (χ3v) is 0. The average Bonchev–Trinajstić information content (AvgIpc) is 1.33. The summed E-state index contributed by atoms with van der Waals surface area (Å²) < 4.78 is 0. The monoisotopic (exact) mass is 251 g/mol. The molecular formula is C2H6CsN4S. The Labute approximate surface area is 112 Å². The van der Waals surface area contributed by atoms with Crippen LogP contribution in [-0.4, -0.2) is 80.0 Å². The smallest absolute Gasteiger partial charge is 0.183 e. The van der Waals surface area contributed by atoms with Gasteiger partial charge >= 0.3 is 0 Å². The maximum absolute atomic E-state index is 6.06. The molecule has 0 aliphatic carbocycles. The molecule has 0 aromatic heterocycles. The van der Waals surface area contributed by atoms with Gasteiger partial charge in [0.15, 0.2) is 5.96 Å². The molecule has 0 spiro atoms. The standard InChI is InChI=1S/CH5N3.CHNS.Cs/c2-1(3)4;2-1-3;/h(H5,2,3,4);2H;. The van der Waals surface area contributed by atoms with E-state index in [0.29, 0.717) is 0 Å². The van der Waals surface area contributed by atoms with Gasteiger partial charge in [0.2, 0.25) is 0 Å². The van der Waals surface area contributed by atoms with E-state index < -0.39 is 0 Å². The van der Waals surface area contributed by atoms with E-state index in [1.54, 1.807) is 5.16 Å². The predicted molar refractivity (Wildman–Crippen MR) is 37.2 cm³/mol. The van der Waals surface area contributed by atoms with Crippen LogP contribution in [0.4, 0.5) is 0 Å². The van der Waals surface area contributed by atoms with Crippen molar-refractivity contribution in [3.05, 3.63) is 0 Å². The van der Waals surface area contributed by atoms with E-state index in [-0.39, 0.29) is 74.9 Å². The van der Waals surface area contributed by atoms with E-state index in [1.165, 1.54) is 0 Å². The van der Waals surface area contributed by atoms with Gasteiger partial charge in [-0.3, -0.25) is 5.41 Å². The van der Waals surface area contributed by atoms with Crippen LogP contribution in [-0.2, 0) is 0 Å². The Morgan fingerprint density at radius 1 is 1.50 bits per heavy atom. The fraction of sp³-hybridized carbons (Fsp3) is 0. The van der Waals surface area contributed by atoms with Crippen molar-refractivity contribution in [3.63, 3.8) is 0 Å². The number of rotatable bonds is 0. The molecule has 0 aromatic rings. The number of guanidine groups is 1. The Morgan fingerprint density at radius 2 is 1.50 bits per heavy atom. The van der Waals surface area contributed by atoms with Crippen molar-refractivity contribution >= 4 is 92.2 Å². The maximum Gasteiger partial charge on any atom is 0.183 e. The van der Waals surface area contributed by atoms with E-state index in [0.717, 1.165) is 0 Å². The summed E-state index contributed by atoms with van der Waals surface area (Å²) in [6.07, 6.45) is 0. The number of isothiocyanates is 1. The molecule has 8 heavy (non-hydrogen) atoms. The fourth-order valence-electron chi connectivity index (χ4n) is 0. The van der Waals surface area contributed by atoms with Crippen LogP contribution in [0.5, 0.6) is 0 Å². The quantitative estimate of drug-likeness (QED) is 0.255. The van der Waals surface area contributed by atoms with Crippen molar-refractivity contribution in [2.45, 2.75) is 0 Å². The number of hydrogen-bond donors (Lipinski definition) is 4. The molecular weight excluding hydrogens is 245 g/mol. The summed E-state index contributed by atoms with van der Waals surface area (Å²) in [5.41, 5.74) is 8.94. The fourth-order valence-corrected chi connectivity index (χ4v) is 0. The predicted octanol–water partition coefficient (Wildman–Crippen LogP) is -0.874. The van der Waals surface area contributed by atoms with E-state index >= 15 is 0 Å². The first kappa shape index (κ1) is 16.1. The molecule has 6 N–H and O–H groups in total. The van der Waals surface area contributed by atoms with Crippen LogP contribution >= 0.6 is 12.2 Å². The second-order valence-electron chi connectivity index (χ2n) is 0.557. The van der Waals surface area contributed by atoms with Crippen molar-refractivity contribution in [1.29, 1.82) is 10.8 Å². The van der Waals surface area contributed by atoms with Crippen LogP contribution in [0.25, 0.3) is 0 Å². The first-order valence-electron chi connectivity index (χ1n) is 1.28. The molecule has 0 aromatic carbocycles. The summed E-state index contributed by atoms with van der Waals surface area (Å²) in [4.78, 5) is 0. The molecule has 0 atom stereocenters. The molecule has 0 fully saturated rings. The molecule has 0 rings (SSSR count). The zero-order valence-corrected chi connectivity index (χ0v) is 11.7. The van der Waals surface area contributed by atoms with E-state index in [1.807, 2.05) is 0 Å². The van der Waals surface area contributed by atoms with Gasteiger partial charge < -0.3 is 11.5 Å². The molecule has 6 heteroatoms. The molecule has 0 aliphatic heterocycles. The van der Waals surface area contributed by atoms with Gasteiger partial charge in [0, 0.05) is 68.9 Å². The minimum absolute atomic E-state index is 0. The second kappa shape index (κ2) is 15.7. The molecule has 1 radical (unpaired) electrons. The van der Waals surface area contributed by atoms with Gasteiger partial charge in [0.25, 0.3) is 0 Å². The molecule has 0 heterocycles. The number of hydrogen-bond acceptors (Lipinski definition) is 3.